The lowest BCUT2D eigenvalue weighted by atomic mass is 10.2. The lowest BCUT2D eigenvalue weighted by molar-refractivity contribution is -0.628. The molecular formula is C7H18NO+. The molecule has 56 valence electrons. The summed E-state index contributed by atoms with van der Waals surface area (Å²) in [4.78, 5) is 0. The number of hydrogen-bond donors (Lipinski definition) is 1. The predicted octanol–water partition coefficient (Wildman–Crippen LogP) is -0.148. The fraction of sp³-hybridized carbons (Fsp3) is 1.00. The Kier molecular flexibility index (Phi) is 5.99. The molecule has 0 radical (unpaired) electrons. The molecule has 0 aromatic carbocycles. The maximum Gasteiger partial charge on any atom is 0.0991 e. The Bertz CT molecular complexity index is 54.9. The summed E-state index contributed by atoms with van der Waals surface area (Å²) in [6, 6.07) is 0. The third kappa shape index (κ3) is 7.92. The summed E-state index contributed by atoms with van der Waals surface area (Å²) < 4.78 is 5.30. The Morgan fingerprint density at radius 3 is 2.56 bits per heavy atom. The molecule has 2 nitrogen and oxygen atoms in total. The Balaban J connectivity index is 2.75. The molecule has 0 unspecified atom stereocenters. The van der Waals surface area contributed by atoms with E-state index in [1.165, 1.54) is 0 Å². The highest BCUT2D eigenvalue weighted by Crippen LogP contribution is 1.90. The minimum atomic E-state index is 0.668. The van der Waals surface area contributed by atoms with Gasteiger partial charge in [0, 0.05) is 6.61 Å². The monoisotopic (exact) mass is 132 g/mol. The summed E-state index contributed by atoms with van der Waals surface area (Å²) in [6.45, 7) is 7.18. The van der Waals surface area contributed by atoms with Gasteiger partial charge < -0.3 is 10.1 Å². The minimum Gasteiger partial charge on any atom is -0.375 e. The van der Waals surface area contributed by atoms with Crippen molar-refractivity contribution in [1.82, 2.24) is 0 Å². The first-order valence-corrected chi connectivity index (χ1v) is 3.63. The summed E-state index contributed by atoms with van der Waals surface area (Å²) >= 11 is 0. The van der Waals surface area contributed by atoms with Crippen molar-refractivity contribution in [3.05, 3.63) is 0 Å². The summed E-state index contributed by atoms with van der Waals surface area (Å²) in [7, 11) is 2.05. The molecule has 9 heavy (non-hydrogen) atoms. The van der Waals surface area contributed by atoms with Crippen molar-refractivity contribution in [2.45, 2.75) is 13.8 Å². The Morgan fingerprint density at radius 2 is 2.11 bits per heavy atom. The molecule has 0 fully saturated rings. The Labute approximate surface area is 57.6 Å². The highest BCUT2D eigenvalue weighted by molar-refractivity contribution is 4.37. The van der Waals surface area contributed by atoms with Crippen LogP contribution in [0.3, 0.4) is 0 Å². The van der Waals surface area contributed by atoms with Gasteiger partial charge in [0.1, 0.15) is 0 Å². The zero-order chi connectivity index (χ0) is 7.11. The predicted molar refractivity (Wildman–Crippen MR) is 38.4 cm³/mol. The van der Waals surface area contributed by atoms with Gasteiger partial charge in [0.05, 0.1) is 20.2 Å². The maximum atomic E-state index is 5.30. The van der Waals surface area contributed by atoms with Gasteiger partial charge in [-0.05, 0) is 5.92 Å². The second-order valence-corrected chi connectivity index (χ2v) is 2.67. The molecule has 0 saturated carbocycles. The maximum absolute atomic E-state index is 5.30. The van der Waals surface area contributed by atoms with Gasteiger partial charge in [0.25, 0.3) is 0 Å². The molecular weight excluding hydrogens is 114 g/mol. The first-order chi connectivity index (χ1) is 4.27. The van der Waals surface area contributed by atoms with E-state index in [1.807, 2.05) is 0 Å². The van der Waals surface area contributed by atoms with Crippen LogP contribution in [0.1, 0.15) is 13.8 Å². The first-order valence-electron chi connectivity index (χ1n) is 3.63. The van der Waals surface area contributed by atoms with Crippen LogP contribution in [0.5, 0.6) is 0 Å². The van der Waals surface area contributed by atoms with Crippen molar-refractivity contribution in [2.24, 2.45) is 5.92 Å². The smallest absolute Gasteiger partial charge is 0.0991 e. The zero-order valence-corrected chi connectivity index (χ0v) is 6.68. The highest BCUT2D eigenvalue weighted by Gasteiger charge is 1.92. The molecule has 2 heteroatoms. The van der Waals surface area contributed by atoms with Crippen molar-refractivity contribution >= 4 is 0 Å². The highest BCUT2D eigenvalue weighted by atomic mass is 16.5. The van der Waals surface area contributed by atoms with Gasteiger partial charge in [-0.1, -0.05) is 13.8 Å². The zero-order valence-electron chi connectivity index (χ0n) is 6.68. The molecule has 0 aliphatic rings. The van der Waals surface area contributed by atoms with Crippen LogP contribution < -0.4 is 5.32 Å². The fourth-order valence-corrected chi connectivity index (χ4v) is 0.520. The van der Waals surface area contributed by atoms with Crippen LogP contribution in [0.15, 0.2) is 0 Å². The Morgan fingerprint density at radius 1 is 1.44 bits per heavy atom. The second kappa shape index (κ2) is 6.05. The number of rotatable bonds is 5. The van der Waals surface area contributed by atoms with E-state index in [0.717, 1.165) is 19.8 Å². The van der Waals surface area contributed by atoms with Gasteiger partial charge in [-0.2, -0.15) is 0 Å². The molecule has 2 N–H and O–H groups in total. The third-order valence-electron chi connectivity index (χ3n) is 1.00. The van der Waals surface area contributed by atoms with Crippen LogP contribution in [-0.4, -0.2) is 26.8 Å². The number of ether oxygens (including phenoxy) is 1. The lowest BCUT2D eigenvalue weighted by Gasteiger charge is -2.03. The summed E-state index contributed by atoms with van der Waals surface area (Å²) in [5.41, 5.74) is 0. The van der Waals surface area contributed by atoms with Gasteiger partial charge in [-0.25, -0.2) is 0 Å². The molecule has 0 atom stereocenters. The quantitative estimate of drug-likeness (QED) is 0.517. The minimum absolute atomic E-state index is 0.668. The van der Waals surface area contributed by atoms with Gasteiger partial charge in [-0.3, -0.25) is 0 Å². The van der Waals surface area contributed by atoms with E-state index in [2.05, 4.69) is 26.2 Å². The van der Waals surface area contributed by atoms with Crippen molar-refractivity contribution in [3.8, 4) is 0 Å². The molecule has 0 aliphatic heterocycles. The largest absolute Gasteiger partial charge is 0.375 e. The van der Waals surface area contributed by atoms with Gasteiger partial charge in [-0.15, -0.1) is 0 Å². The lowest BCUT2D eigenvalue weighted by Crippen LogP contribution is -2.80. The van der Waals surface area contributed by atoms with E-state index in [4.69, 9.17) is 4.74 Å². The number of hydrogen-bond acceptors (Lipinski definition) is 1. The first kappa shape index (κ1) is 8.92. The van der Waals surface area contributed by atoms with Crippen molar-refractivity contribution in [2.75, 3.05) is 26.8 Å². The fourth-order valence-electron chi connectivity index (χ4n) is 0.520. The summed E-state index contributed by atoms with van der Waals surface area (Å²) in [5.74, 6) is 0.668. The van der Waals surface area contributed by atoms with E-state index < -0.39 is 0 Å². The van der Waals surface area contributed by atoms with Crippen LogP contribution in [0.2, 0.25) is 0 Å². The Hall–Kier alpha value is -0.0800. The van der Waals surface area contributed by atoms with Crippen LogP contribution in [0.25, 0.3) is 0 Å². The molecule has 0 spiro atoms. The van der Waals surface area contributed by atoms with Crippen molar-refractivity contribution in [1.29, 1.82) is 0 Å². The van der Waals surface area contributed by atoms with E-state index in [-0.39, 0.29) is 0 Å². The summed E-state index contributed by atoms with van der Waals surface area (Å²) in [6.07, 6.45) is 0. The third-order valence-corrected chi connectivity index (χ3v) is 1.00. The SMILES string of the molecule is C[NH2+]CCOCC(C)C. The van der Waals surface area contributed by atoms with Gasteiger partial charge in [0.2, 0.25) is 0 Å². The summed E-state index contributed by atoms with van der Waals surface area (Å²) in [5, 5.41) is 2.13. The van der Waals surface area contributed by atoms with E-state index in [0.29, 0.717) is 5.92 Å². The molecule has 0 heterocycles. The molecule has 0 amide bonds. The van der Waals surface area contributed by atoms with E-state index in [1.54, 1.807) is 0 Å². The molecule has 0 bridgehead atoms. The van der Waals surface area contributed by atoms with Gasteiger partial charge >= 0.3 is 0 Å². The van der Waals surface area contributed by atoms with Crippen LogP contribution in [-0.2, 0) is 4.74 Å². The second-order valence-electron chi connectivity index (χ2n) is 2.67. The molecule has 0 saturated heterocycles. The van der Waals surface area contributed by atoms with Crippen LogP contribution >= 0.6 is 0 Å². The molecule has 0 aliphatic carbocycles. The van der Waals surface area contributed by atoms with Crippen molar-refractivity contribution in [3.63, 3.8) is 0 Å². The van der Waals surface area contributed by atoms with E-state index in [9.17, 15) is 0 Å². The standard InChI is InChI=1S/C7H17NO/c1-7(2)6-9-5-4-8-3/h7-8H,4-6H2,1-3H3/p+1. The van der Waals surface area contributed by atoms with Gasteiger partial charge in [0.15, 0.2) is 0 Å². The molecule has 0 aromatic heterocycles. The average Bonchev–Trinajstić information content (AvgIpc) is 1.80. The topological polar surface area (TPSA) is 25.8 Å². The van der Waals surface area contributed by atoms with Crippen LogP contribution in [0, 0.1) is 5.92 Å². The van der Waals surface area contributed by atoms with Crippen molar-refractivity contribution < 1.29 is 10.1 Å². The normalized spacial score (nSPS) is 10.7. The van der Waals surface area contributed by atoms with E-state index >= 15 is 0 Å². The number of likely N-dealkylation sites (N-methyl/N-ethyl adjacent to an activating group) is 1. The molecule has 0 aromatic rings. The molecule has 0 rings (SSSR count). The number of nitrogens with two attached hydrogens (primary N) is 1. The number of quaternary nitrogens is 1. The van der Waals surface area contributed by atoms with Crippen LogP contribution in [0.4, 0.5) is 0 Å². The average molecular weight is 132 g/mol.